The summed E-state index contributed by atoms with van der Waals surface area (Å²) in [7, 11) is 1.03. The molecule has 0 spiro atoms. The van der Waals surface area contributed by atoms with Crippen molar-refractivity contribution in [2.24, 2.45) is 0 Å². The normalized spacial score (nSPS) is 10.3. The number of methoxy groups -OCH3 is 1. The number of nitro benzene ring substituents is 1. The van der Waals surface area contributed by atoms with Crippen LogP contribution in [-0.2, 0) is 11.2 Å². The second-order valence-electron chi connectivity index (χ2n) is 4.79. The van der Waals surface area contributed by atoms with Gasteiger partial charge in [0.1, 0.15) is 11.4 Å². The Morgan fingerprint density at radius 3 is 2.54 bits per heavy atom. The first-order chi connectivity index (χ1) is 11.3. The first kappa shape index (κ1) is 17.6. The molecule has 2 rings (SSSR count). The molecule has 0 bridgehead atoms. The zero-order chi connectivity index (χ0) is 17.9. The number of carbonyl (C=O) groups excluding carboxylic acids is 2. The van der Waals surface area contributed by atoms with E-state index in [1.54, 1.807) is 24.3 Å². The Morgan fingerprint density at radius 2 is 1.96 bits per heavy atom. The van der Waals surface area contributed by atoms with Crippen LogP contribution < -0.4 is 0 Å². The SMILES string of the molecule is COC(=O)c1cc(F)cc([N+](=O)[O-])c1C(=O)Cc1ccccc1Cl. The van der Waals surface area contributed by atoms with E-state index in [-0.39, 0.29) is 6.42 Å². The van der Waals surface area contributed by atoms with Crippen LogP contribution in [-0.4, -0.2) is 23.8 Å². The Hall–Kier alpha value is -2.80. The maximum atomic E-state index is 13.6. The van der Waals surface area contributed by atoms with Gasteiger partial charge < -0.3 is 4.74 Å². The first-order valence-corrected chi connectivity index (χ1v) is 7.05. The molecule has 0 radical (unpaired) electrons. The average Bonchev–Trinajstić information content (AvgIpc) is 2.55. The van der Waals surface area contributed by atoms with E-state index in [9.17, 15) is 24.1 Å². The molecule has 124 valence electrons. The molecule has 2 aromatic carbocycles. The molecule has 0 aliphatic heterocycles. The van der Waals surface area contributed by atoms with Gasteiger partial charge in [-0.3, -0.25) is 14.9 Å². The lowest BCUT2D eigenvalue weighted by Gasteiger charge is -2.09. The van der Waals surface area contributed by atoms with Crippen LogP contribution in [0.5, 0.6) is 0 Å². The van der Waals surface area contributed by atoms with Crippen LogP contribution in [0.4, 0.5) is 10.1 Å². The van der Waals surface area contributed by atoms with Crippen molar-refractivity contribution in [3.63, 3.8) is 0 Å². The maximum absolute atomic E-state index is 13.6. The molecule has 0 atom stereocenters. The van der Waals surface area contributed by atoms with E-state index >= 15 is 0 Å². The van der Waals surface area contributed by atoms with Crippen LogP contribution in [0, 0.1) is 15.9 Å². The standard InChI is InChI=1S/C16H11ClFNO5/c1-24-16(21)11-7-10(18)8-13(19(22)23)15(11)14(20)6-9-4-2-3-5-12(9)17/h2-5,7-8H,6H2,1H3. The summed E-state index contributed by atoms with van der Waals surface area (Å²) >= 11 is 5.98. The summed E-state index contributed by atoms with van der Waals surface area (Å²) in [5.74, 6) is -2.80. The molecule has 0 saturated heterocycles. The Morgan fingerprint density at radius 1 is 1.29 bits per heavy atom. The van der Waals surface area contributed by atoms with Crippen molar-refractivity contribution in [1.29, 1.82) is 0 Å². The summed E-state index contributed by atoms with van der Waals surface area (Å²) < 4.78 is 18.1. The summed E-state index contributed by atoms with van der Waals surface area (Å²) in [5, 5.41) is 11.5. The molecule has 0 aliphatic carbocycles. The van der Waals surface area contributed by atoms with Crippen LogP contribution in [0.3, 0.4) is 0 Å². The fourth-order valence-electron chi connectivity index (χ4n) is 2.20. The number of carbonyl (C=O) groups is 2. The third-order valence-corrected chi connectivity index (χ3v) is 3.64. The molecule has 0 heterocycles. The van der Waals surface area contributed by atoms with Crippen molar-refractivity contribution in [2.75, 3.05) is 7.11 Å². The third-order valence-electron chi connectivity index (χ3n) is 3.27. The quantitative estimate of drug-likeness (QED) is 0.355. The van der Waals surface area contributed by atoms with Gasteiger partial charge in [-0.15, -0.1) is 0 Å². The Kier molecular flexibility index (Phi) is 5.25. The van der Waals surface area contributed by atoms with Crippen LogP contribution in [0.2, 0.25) is 5.02 Å². The number of ether oxygens (including phenoxy) is 1. The highest BCUT2D eigenvalue weighted by Crippen LogP contribution is 2.27. The molecule has 0 saturated carbocycles. The molecule has 24 heavy (non-hydrogen) atoms. The second-order valence-corrected chi connectivity index (χ2v) is 5.19. The molecule has 0 amide bonds. The van der Waals surface area contributed by atoms with E-state index in [0.717, 1.165) is 13.2 Å². The van der Waals surface area contributed by atoms with Crippen LogP contribution in [0.1, 0.15) is 26.3 Å². The van der Waals surface area contributed by atoms with Crippen molar-refractivity contribution in [1.82, 2.24) is 0 Å². The topological polar surface area (TPSA) is 86.5 Å². The predicted octanol–water partition coefficient (Wildman–Crippen LogP) is 3.60. The van der Waals surface area contributed by atoms with E-state index in [4.69, 9.17) is 11.6 Å². The number of rotatable bonds is 5. The summed E-state index contributed by atoms with van der Waals surface area (Å²) in [6.45, 7) is 0. The first-order valence-electron chi connectivity index (χ1n) is 6.68. The minimum absolute atomic E-state index is 0.282. The minimum atomic E-state index is -1.04. The summed E-state index contributed by atoms with van der Waals surface area (Å²) in [6, 6.07) is 7.77. The van der Waals surface area contributed by atoms with Gasteiger partial charge in [0.05, 0.1) is 23.7 Å². The van der Waals surface area contributed by atoms with Crippen molar-refractivity contribution >= 4 is 29.0 Å². The molecule has 2 aromatic rings. The number of esters is 1. The van der Waals surface area contributed by atoms with E-state index in [1.165, 1.54) is 0 Å². The fraction of sp³-hybridized carbons (Fsp3) is 0.125. The smallest absolute Gasteiger partial charge is 0.338 e. The average molecular weight is 352 g/mol. The summed E-state index contributed by atoms with van der Waals surface area (Å²) in [4.78, 5) is 34.6. The number of nitrogens with zero attached hydrogens (tertiary/aromatic N) is 1. The highest BCUT2D eigenvalue weighted by atomic mass is 35.5. The van der Waals surface area contributed by atoms with Gasteiger partial charge in [-0.05, 0) is 17.7 Å². The van der Waals surface area contributed by atoms with Gasteiger partial charge in [0, 0.05) is 11.4 Å². The molecule has 0 aromatic heterocycles. The summed E-state index contributed by atoms with van der Waals surface area (Å²) in [6.07, 6.45) is -0.282. The highest BCUT2D eigenvalue weighted by molar-refractivity contribution is 6.31. The van der Waals surface area contributed by atoms with Crippen LogP contribution in [0.25, 0.3) is 0 Å². The number of hydrogen-bond acceptors (Lipinski definition) is 5. The van der Waals surface area contributed by atoms with Gasteiger partial charge in [-0.1, -0.05) is 29.8 Å². The number of benzene rings is 2. The minimum Gasteiger partial charge on any atom is -0.465 e. The van der Waals surface area contributed by atoms with Crippen LogP contribution in [0.15, 0.2) is 36.4 Å². The zero-order valence-corrected chi connectivity index (χ0v) is 13.2. The Balaban J connectivity index is 2.58. The zero-order valence-electron chi connectivity index (χ0n) is 12.4. The molecular weight excluding hydrogens is 341 g/mol. The van der Waals surface area contributed by atoms with Gasteiger partial charge in [-0.25, -0.2) is 9.18 Å². The van der Waals surface area contributed by atoms with Gasteiger partial charge in [-0.2, -0.15) is 0 Å². The van der Waals surface area contributed by atoms with Crippen molar-refractivity contribution < 1.29 is 23.6 Å². The largest absolute Gasteiger partial charge is 0.465 e. The Labute approximate surface area is 141 Å². The van der Waals surface area contributed by atoms with E-state index < -0.39 is 39.3 Å². The molecule has 6 nitrogen and oxygen atoms in total. The fourth-order valence-corrected chi connectivity index (χ4v) is 2.41. The molecule has 0 unspecified atom stereocenters. The van der Waals surface area contributed by atoms with Gasteiger partial charge in [0.25, 0.3) is 5.69 Å². The van der Waals surface area contributed by atoms with Gasteiger partial charge in [0.15, 0.2) is 5.78 Å². The lowest BCUT2D eigenvalue weighted by atomic mass is 9.96. The number of Topliss-reactive ketones (excluding diaryl/α,β-unsaturated/α-hetero) is 1. The summed E-state index contributed by atoms with van der Waals surface area (Å²) in [5.41, 5.74) is -1.37. The number of ketones is 1. The van der Waals surface area contributed by atoms with Crippen LogP contribution >= 0.6 is 11.6 Å². The van der Waals surface area contributed by atoms with Gasteiger partial charge >= 0.3 is 5.97 Å². The van der Waals surface area contributed by atoms with Crippen molar-refractivity contribution in [3.8, 4) is 0 Å². The van der Waals surface area contributed by atoms with Crippen molar-refractivity contribution in [3.05, 3.63) is 74.0 Å². The second kappa shape index (κ2) is 7.18. The molecule has 0 fully saturated rings. The Bertz CT molecular complexity index is 837. The van der Waals surface area contributed by atoms with Gasteiger partial charge in [0.2, 0.25) is 0 Å². The number of nitro groups is 1. The predicted molar refractivity (Wildman–Crippen MR) is 83.9 cm³/mol. The molecular formula is C16H11ClFNO5. The monoisotopic (exact) mass is 351 g/mol. The van der Waals surface area contributed by atoms with E-state index in [2.05, 4.69) is 4.74 Å². The maximum Gasteiger partial charge on any atom is 0.338 e. The van der Waals surface area contributed by atoms with E-state index in [0.29, 0.717) is 16.7 Å². The lowest BCUT2D eigenvalue weighted by molar-refractivity contribution is -0.385. The molecule has 8 heteroatoms. The molecule has 0 aliphatic rings. The van der Waals surface area contributed by atoms with Crippen molar-refractivity contribution in [2.45, 2.75) is 6.42 Å². The third kappa shape index (κ3) is 3.57. The highest BCUT2D eigenvalue weighted by Gasteiger charge is 2.29. The molecule has 0 N–H and O–H groups in total. The number of halogens is 2. The van der Waals surface area contributed by atoms with E-state index in [1.807, 2.05) is 0 Å². The number of hydrogen-bond donors (Lipinski definition) is 0. The lowest BCUT2D eigenvalue weighted by Crippen LogP contribution is -2.15.